The van der Waals surface area contributed by atoms with Gasteiger partial charge < -0.3 is 11.1 Å². The summed E-state index contributed by atoms with van der Waals surface area (Å²) in [5.41, 5.74) is 5.75. The minimum absolute atomic E-state index is 0.120. The summed E-state index contributed by atoms with van der Waals surface area (Å²) in [5.74, 6) is -0.873. The van der Waals surface area contributed by atoms with Gasteiger partial charge >= 0.3 is 0 Å². The third kappa shape index (κ3) is 4.24. The van der Waals surface area contributed by atoms with Gasteiger partial charge in [-0.15, -0.1) is 0 Å². The Balaban J connectivity index is 2.62. The molecular formula is C11H12Cl2N2O2. The summed E-state index contributed by atoms with van der Waals surface area (Å²) in [6.07, 6.45) is 0.120. The van der Waals surface area contributed by atoms with Crippen LogP contribution in [0, 0.1) is 0 Å². The first-order chi connectivity index (χ1) is 7.90. The van der Waals surface area contributed by atoms with Crippen LogP contribution in [0.25, 0.3) is 0 Å². The van der Waals surface area contributed by atoms with Crippen molar-refractivity contribution in [2.24, 2.45) is 5.73 Å². The summed E-state index contributed by atoms with van der Waals surface area (Å²) in [4.78, 5) is 22.3. The molecule has 1 aromatic rings. The molecule has 1 unspecified atom stereocenters. The highest BCUT2D eigenvalue weighted by molar-refractivity contribution is 6.42. The van der Waals surface area contributed by atoms with Crippen molar-refractivity contribution in [3.05, 3.63) is 33.8 Å². The van der Waals surface area contributed by atoms with Crippen molar-refractivity contribution >= 4 is 35.0 Å². The van der Waals surface area contributed by atoms with E-state index in [4.69, 9.17) is 28.9 Å². The smallest absolute Gasteiger partial charge is 0.239 e. The lowest BCUT2D eigenvalue weighted by Gasteiger charge is -2.10. The Morgan fingerprint density at radius 2 is 2.00 bits per heavy atom. The molecule has 0 saturated carbocycles. The van der Waals surface area contributed by atoms with Gasteiger partial charge in [0.05, 0.1) is 16.5 Å². The standard InChI is InChI=1S/C11H12Cl2N2O2/c1-6(11(14)17)15-10(16)5-7-2-3-8(12)9(13)4-7/h2-4,6H,5H2,1H3,(H2,14,17)(H,15,16). The van der Waals surface area contributed by atoms with Crippen molar-refractivity contribution in [1.29, 1.82) is 0 Å². The predicted molar refractivity (Wildman–Crippen MR) is 67.0 cm³/mol. The van der Waals surface area contributed by atoms with Crippen molar-refractivity contribution in [2.75, 3.05) is 0 Å². The highest BCUT2D eigenvalue weighted by Crippen LogP contribution is 2.22. The zero-order valence-corrected chi connectivity index (χ0v) is 10.7. The SMILES string of the molecule is CC(NC(=O)Cc1ccc(Cl)c(Cl)c1)C(N)=O. The van der Waals surface area contributed by atoms with Crippen molar-refractivity contribution in [3.8, 4) is 0 Å². The summed E-state index contributed by atoms with van der Waals surface area (Å²) in [6.45, 7) is 1.52. The number of rotatable bonds is 4. The second-order valence-electron chi connectivity index (χ2n) is 3.62. The van der Waals surface area contributed by atoms with E-state index in [1.807, 2.05) is 0 Å². The van der Waals surface area contributed by atoms with E-state index in [0.717, 1.165) is 0 Å². The van der Waals surface area contributed by atoms with Crippen molar-refractivity contribution in [2.45, 2.75) is 19.4 Å². The molecule has 92 valence electrons. The monoisotopic (exact) mass is 274 g/mol. The molecule has 4 nitrogen and oxygen atoms in total. The third-order valence-electron chi connectivity index (χ3n) is 2.15. The molecule has 6 heteroatoms. The predicted octanol–water partition coefficient (Wildman–Crippen LogP) is 1.53. The Bertz CT molecular complexity index is 449. The van der Waals surface area contributed by atoms with E-state index >= 15 is 0 Å². The molecule has 0 radical (unpaired) electrons. The number of amides is 2. The first-order valence-electron chi connectivity index (χ1n) is 4.92. The van der Waals surface area contributed by atoms with Crippen LogP contribution in [0.4, 0.5) is 0 Å². The maximum absolute atomic E-state index is 11.5. The van der Waals surface area contributed by atoms with Gasteiger partial charge in [-0.1, -0.05) is 29.3 Å². The second-order valence-corrected chi connectivity index (χ2v) is 4.43. The zero-order chi connectivity index (χ0) is 13.0. The minimum Gasteiger partial charge on any atom is -0.368 e. The fourth-order valence-corrected chi connectivity index (χ4v) is 1.52. The molecule has 1 rings (SSSR count). The fourth-order valence-electron chi connectivity index (χ4n) is 1.20. The Morgan fingerprint density at radius 1 is 1.35 bits per heavy atom. The molecule has 3 N–H and O–H groups in total. The van der Waals surface area contributed by atoms with Gasteiger partial charge in [0.15, 0.2) is 0 Å². The molecule has 0 bridgehead atoms. The molecule has 1 aromatic carbocycles. The molecule has 0 aromatic heterocycles. The van der Waals surface area contributed by atoms with Crippen molar-refractivity contribution < 1.29 is 9.59 Å². The number of nitrogens with two attached hydrogens (primary N) is 1. The van der Waals surface area contributed by atoms with E-state index in [0.29, 0.717) is 15.6 Å². The molecular weight excluding hydrogens is 263 g/mol. The van der Waals surface area contributed by atoms with Gasteiger partial charge in [-0.25, -0.2) is 0 Å². The maximum Gasteiger partial charge on any atom is 0.239 e. The molecule has 1 atom stereocenters. The van der Waals surface area contributed by atoms with Gasteiger partial charge in [-0.05, 0) is 24.6 Å². The molecule has 2 amide bonds. The van der Waals surface area contributed by atoms with Gasteiger partial charge in [0.25, 0.3) is 0 Å². The minimum atomic E-state index is -0.690. The van der Waals surface area contributed by atoms with Crippen LogP contribution in [0.3, 0.4) is 0 Å². The fraction of sp³-hybridized carbons (Fsp3) is 0.273. The lowest BCUT2D eigenvalue weighted by molar-refractivity contribution is -0.126. The number of nitrogens with one attached hydrogen (secondary N) is 1. The van der Waals surface area contributed by atoms with Gasteiger partial charge in [-0.2, -0.15) is 0 Å². The van der Waals surface area contributed by atoms with Gasteiger partial charge in [0.2, 0.25) is 11.8 Å². The van der Waals surface area contributed by atoms with Crippen LogP contribution in [-0.4, -0.2) is 17.9 Å². The summed E-state index contributed by atoms with van der Waals surface area (Å²) >= 11 is 11.6. The first-order valence-corrected chi connectivity index (χ1v) is 5.68. The Hall–Kier alpha value is -1.26. The van der Waals surface area contributed by atoms with Crippen LogP contribution >= 0.6 is 23.2 Å². The highest BCUT2D eigenvalue weighted by atomic mass is 35.5. The summed E-state index contributed by atoms with van der Waals surface area (Å²) in [6, 6.07) is 4.23. The van der Waals surface area contributed by atoms with Gasteiger partial charge in [-0.3, -0.25) is 9.59 Å². The normalized spacial score (nSPS) is 11.9. The average Bonchev–Trinajstić information content (AvgIpc) is 2.23. The number of hydrogen-bond donors (Lipinski definition) is 2. The van der Waals surface area contributed by atoms with Gasteiger partial charge in [0, 0.05) is 0 Å². The number of carbonyl (C=O) groups excluding carboxylic acids is 2. The van der Waals surface area contributed by atoms with Crippen LogP contribution in [0.1, 0.15) is 12.5 Å². The van der Waals surface area contributed by atoms with E-state index in [1.54, 1.807) is 18.2 Å². The van der Waals surface area contributed by atoms with E-state index < -0.39 is 11.9 Å². The largest absolute Gasteiger partial charge is 0.368 e. The van der Waals surface area contributed by atoms with Crippen LogP contribution < -0.4 is 11.1 Å². The number of primary amides is 1. The molecule has 17 heavy (non-hydrogen) atoms. The Morgan fingerprint density at radius 3 is 2.53 bits per heavy atom. The quantitative estimate of drug-likeness (QED) is 0.874. The molecule has 0 fully saturated rings. The van der Waals surface area contributed by atoms with E-state index in [-0.39, 0.29) is 12.3 Å². The third-order valence-corrected chi connectivity index (χ3v) is 2.89. The number of hydrogen-bond acceptors (Lipinski definition) is 2. The van der Waals surface area contributed by atoms with Crippen LogP contribution in [0.5, 0.6) is 0 Å². The summed E-state index contributed by atoms with van der Waals surface area (Å²) < 4.78 is 0. The second kappa shape index (κ2) is 5.89. The molecule has 0 spiro atoms. The highest BCUT2D eigenvalue weighted by Gasteiger charge is 2.12. The lowest BCUT2D eigenvalue weighted by atomic mass is 10.1. The van der Waals surface area contributed by atoms with Crippen molar-refractivity contribution in [3.63, 3.8) is 0 Å². The summed E-state index contributed by atoms with van der Waals surface area (Å²) in [7, 11) is 0. The van der Waals surface area contributed by atoms with Crippen LogP contribution in [-0.2, 0) is 16.0 Å². The van der Waals surface area contributed by atoms with Crippen LogP contribution in [0.15, 0.2) is 18.2 Å². The Kier molecular flexibility index (Phi) is 4.78. The average molecular weight is 275 g/mol. The van der Waals surface area contributed by atoms with Crippen LogP contribution in [0.2, 0.25) is 10.0 Å². The van der Waals surface area contributed by atoms with E-state index in [1.165, 1.54) is 6.92 Å². The molecule has 0 aliphatic rings. The number of halogens is 2. The van der Waals surface area contributed by atoms with E-state index in [2.05, 4.69) is 5.32 Å². The maximum atomic E-state index is 11.5. The molecule has 0 saturated heterocycles. The molecule has 0 aliphatic carbocycles. The molecule has 0 aliphatic heterocycles. The van der Waals surface area contributed by atoms with Crippen molar-refractivity contribution in [1.82, 2.24) is 5.32 Å². The lowest BCUT2D eigenvalue weighted by Crippen LogP contribution is -2.42. The Labute approximate surface area is 109 Å². The number of carbonyl (C=O) groups is 2. The zero-order valence-electron chi connectivity index (χ0n) is 9.17. The topological polar surface area (TPSA) is 72.2 Å². The summed E-state index contributed by atoms with van der Waals surface area (Å²) in [5, 5.41) is 3.29. The van der Waals surface area contributed by atoms with E-state index in [9.17, 15) is 9.59 Å². The first kappa shape index (κ1) is 13.8. The van der Waals surface area contributed by atoms with Gasteiger partial charge in [0.1, 0.15) is 6.04 Å². The number of benzene rings is 1. The molecule has 0 heterocycles.